The monoisotopic (exact) mass is 383 g/mol. The minimum absolute atomic E-state index is 0.224. The highest BCUT2D eigenvalue weighted by molar-refractivity contribution is 8.13. The van der Waals surface area contributed by atoms with Gasteiger partial charge >= 0.3 is 0 Å². The summed E-state index contributed by atoms with van der Waals surface area (Å²) >= 11 is 7.60. The Morgan fingerprint density at radius 1 is 1.12 bits per heavy atom. The van der Waals surface area contributed by atoms with E-state index in [0.717, 1.165) is 27.7 Å². The van der Waals surface area contributed by atoms with Crippen molar-refractivity contribution in [2.75, 3.05) is 4.90 Å². The van der Waals surface area contributed by atoms with Crippen molar-refractivity contribution in [1.29, 1.82) is 0 Å². The maximum absolute atomic E-state index is 13.4. The van der Waals surface area contributed by atoms with Crippen LogP contribution in [-0.2, 0) is 12.3 Å². The Bertz CT molecular complexity index is 959. The minimum Gasteiger partial charge on any atom is -0.316 e. The first-order chi connectivity index (χ1) is 12.7. The van der Waals surface area contributed by atoms with Gasteiger partial charge in [-0.15, -0.1) is 0 Å². The second-order valence-electron chi connectivity index (χ2n) is 5.88. The van der Waals surface area contributed by atoms with Crippen LogP contribution >= 0.6 is 23.4 Å². The van der Waals surface area contributed by atoms with Crippen molar-refractivity contribution < 1.29 is 4.39 Å². The van der Waals surface area contributed by atoms with E-state index in [-0.39, 0.29) is 5.82 Å². The highest BCUT2D eigenvalue weighted by Crippen LogP contribution is 2.33. The number of thioether (sulfide) groups is 1. The predicted octanol–water partition coefficient (Wildman–Crippen LogP) is 5.82. The summed E-state index contributed by atoms with van der Waals surface area (Å²) in [7, 11) is 0. The standard InChI is InChI=1S/C20H15ClFN3S/c21-16-4-6-18(7-5-16)25-12-15-8-9-23-11-19(15)24-20(25)26-13-14-2-1-3-17(22)10-14/h1-11H,12-13H2. The van der Waals surface area contributed by atoms with Crippen LogP contribution in [-0.4, -0.2) is 10.2 Å². The number of anilines is 1. The number of nitrogens with zero attached hydrogens (tertiary/aromatic N) is 3. The molecule has 0 saturated heterocycles. The molecule has 1 aliphatic rings. The van der Waals surface area contributed by atoms with E-state index in [2.05, 4.69) is 9.88 Å². The lowest BCUT2D eigenvalue weighted by Crippen LogP contribution is -2.30. The van der Waals surface area contributed by atoms with Crippen LogP contribution in [0.3, 0.4) is 0 Å². The lowest BCUT2D eigenvalue weighted by atomic mass is 10.2. The summed E-state index contributed by atoms with van der Waals surface area (Å²) in [6.45, 7) is 0.703. The normalized spacial score (nSPS) is 13.3. The van der Waals surface area contributed by atoms with Crippen molar-refractivity contribution in [3.05, 3.63) is 89.0 Å². The van der Waals surface area contributed by atoms with Crippen molar-refractivity contribution in [2.45, 2.75) is 12.3 Å². The third-order valence-corrected chi connectivity index (χ3v) is 5.36. The molecule has 0 saturated carbocycles. The van der Waals surface area contributed by atoms with Gasteiger partial charge in [0, 0.05) is 28.2 Å². The highest BCUT2D eigenvalue weighted by atomic mass is 35.5. The summed E-state index contributed by atoms with van der Waals surface area (Å²) in [5.41, 5.74) is 3.93. The largest absolute Gasteiger partial charge is 0.316 e. The molecule has 3 aromatic rings. The number of rotatable bonds is 3. The van der Waals surface area contributed by atoms with Gasteiger partial charge < -0.3 is 4.90 Å². The maximum Gasteiger partial charge on any atom is 0.169 e. The van der Waals surface area contributed by atoms with Crippen LogP contribution in [0, 0.1) is 5.82 Å². The van der Waals surface area contributed by atoms with Crippen LogP contribution in [0.2, 0.25) is 5.02 Å². The first-order valence-electron chi connectivity index (χ1n) is 8.11. The van der Waals surface area contributed by atoms with Gasteiger partial charge in [-0.05, 0) is 48.0 Å². The molecule has 0 spiro atoms. The van der Waals surface area contributed by atoms with Crippen LogP contribution in [0.25, 0.3) is 0 Å². The molecule has 1 aliphatic heterocycles. The van der Waals surface area contributed by atoms with Gasteiger partial charge in [-0.1, -0.05) is 35.5 Å². The Morgan fingerprint density at radius 3 is 2.77 bits per heavy atom. The van der Waals surface area contributed by atoms with E-state index in [1.165, 1.54) is 6.07 Å². The summed E-state index contributed by atoms with van der Waals surface area (Å²) in [6, 6.07) is 16.3. The Morgan fingerprint density at radius 2 is 1.96 bits per heavy atom. The van der Waals surface area contributed by atoms with Crippen molar-refractivity contribution in [3.8, 4) is 0 Å². The molecular weight excluding hydrogens is 369 g/mol. The Hall–Kier alpha value is -2.37. The number of halogens is 2. The maximum atomic E-state index is 13.4. The molecule has 4 rings (SSSR count). The van der Waals surface area contributed by atoms with Gasteiger partial charge in [0.2, 0.25) is 0 Å². The molecule has 3 nitrogen and oxygen atoms in total. The quantitative estimate of drug-likeness (QED) is 0.571. The summed E-state index contributed by atoms with van der Waals surface area (Å²) in [6.07, 6.45) is 3.55. The molecule has 2 heterocycles. The zero-order valence-corrected chi connectivity index (χ0v) is 15.3. The lowest BCUT2D eigenvalue weighted by molar-refractivity contribution is 0.626. The fourth-order valence-corrected chi connectivity index (χ4v) is 3.85. The van der Waals surface area contributed by atoms with E-state index >= 15 is 0 Å². The Balaban J connectivity index is 1.64. The number of aliphatic imine (C=N–C) groups is 1. The SMILES string of the molecule is Fc1cccc(CSC2=Nc3cnccc3CN2c2ccc(Cl)cc2)c1. The second kappa shape index (κ2) is 7.48. The van der Waals surface area contributed by atoms with E-state index < -0.39 is 0 Å². The molecule has 130 valence electrons. The van der Waals surface area contributed by atoms with E-state index in [4.69, 9.17) is 16.6 Å². The lowest BCUT2D eigenvalue weighted by Gasteiger charge is -2.30. The minimum atomic E-state index is -0.224. The number of hydrogen-bond acceptors (Lipinski definition) is 4. The van der Waals surface area contributed by atoms with Gasteiger partial charge in [0.05, 0.1) is 18.4 Å². The van der Waals surface area contributed by atoms with E-state index in [9.17, 15) is 4.39 Å². The van der Waals surface area contributed by atoms with Crippen molar-refractivity contribution in [2.24, 2.45) is 4.99 Å². The fourth-order valence-electron chi connectivity index (χ4n) is 2.76. The summed E-state index contributed by atoms with van der Waals surface area (Å²) in [5.74, 6) is 0.411. The average Bonchev–Trinajstić information content (AvgIpc) is 2.66. The Labute approximate surface area is 160 Å². The van der Waals surface area contributed by atoms with Crippen LogP contribution < -0.4 is 4.90 Å². The van der Waals surface area contributed by atoms with Crippen LogP contribution in [0.15, 0.2) is 72.0 Å². The number of pyridine rings is 1. The summed E-state index contributed by atoms with van der Waals surface area (Å²) in [5, 5.41) is 1.55. The van der Waals surface area contributed by atoms with Crippen molar-refractivity contribution in [3.63, 3.8) is 0 Å². The topological polar surface area (TPSA) is 28.5 Å². The molecule has 0 amide bonds. The number of fused-ring (bicyclic) bond motifs is 1. The number of aromatic nitrogens is 1. The number of amidine groups is 1. The third-order valence-electron chi connectivity index (χ3n) is 4.06. The van der Waals surface area contributed by atoms with Crippen LogP contribution in [0.1, 0.15) is 11.1 Å². The van der Waals surface area contributed by atoms with Gasteiger partial charge in [-0.25, -0.2) is 9.38 Å². The van der Waals surface area contributed by atoms with Gasteiger partial charge in [0.1, 0.15) is 5.82 Å². The molecule has 0 fully saturated rings. The van der Waals surface area contributed by atoms with E-state index in [0.29, 0.717) is 17.3 Å². The number of benzene rings is 2. The van der Waals surface area contributed by atoms with Crippen molar-refractivity contribution >= 4 is 39.9 Å². The molecule has 2 aromatic carbocycles. The molecule has 0 bridgehead atoms. The van der Waals surface area contributed by atoms with Crippen LogP contribution in [0.5, 0.6) is 0 Å². The summed E-state index contributed by atoms with van der Waals surface area (Å²) < 4.78 is 13.4. The van der Waals surface area contributed by atoms with E-state index in [1.54, 1.807) is 36.3 Å². The molecule has 6 heteroatoms. The molecule has 0 unspecified atom stereocenters. The first kappa shape index (κ1) is 17.1. The smallest absolute Gasteiger partial charge is 0.169 e. The zero-order chi connectivity index (χ0) is 17.9. The predicted molar refractivity (Wildman–Crippen MR) is 107 cm³/mol. The van der Waals surface area contributed by atoms with Gasteiger partial charge in [0.25, 0.3) is 0 Å². The van der Waals surface area contributed by atoms with Crippen molar-refractivity contribution in [1.82, 2.24) is 4.98 Å². The highest BCUT2D eigenvalue weighted by Gasteiger charge is 2.22. The second-order valence-corrected chi connectivity index (χ2v) is 7.26. The van der Waals surface area contributed by atoms with Gasteiger partial charge in [-0.3, -0.25) is 4.98 Å². The average molecular weight is 384 g/mol. The Kier molecular flexibility index (Phi) is 4.91. The zero-order valence-electron chi connectivity index (χ0n) is 13.8. The molecule has 1 aromatic heterocycles. The molecule has 0 N–H and O–H groups in total. The number of hydrogen-bond donors (Lipinski definition) is 0. The molecule has 0 aliphatic carbocycles. The first-order valence-corrected chi connectivity index (χ1v) is 9.47. The fraction of sp³-hybridized carbons (Fsp3) is 0.100. The molecule has 26 heavy (non-hydrogen) atoms. The summed E-state index contributed by atoms with van der Waals surface area (Å²) in [4.78, 5) is 11.1. The molecule has 0 radical (unpaired) electrons. The molecular formula is C20H15ClFN3S. The van der Waals surface area contributed by atoms with E-state index in [1.807, 2.05) is 36.4 Å². The van der Waals surface area contributed by atoms with Crippen LogP contribution in [0.4, 0.5) is 15.8 Å². The molecule has 0 atom stereocenters. The van der Waals surface area contributed by atoms with Gasteiger partial charge in [0.15, 0.2) is 5.17 Å². The third kappa shape index (κ3) is 3.74. The van der Waals surface area contributed by atoms with Gasteiger partial charge in [-0.2, -0.15) is 0 Å².